The zero-order valence-electron chi connectivity index (χ0n) is 9.85. The molecule has 2 N–H and O–H groups in total. The molecule has 0 saturated heterocycles. The third kappa shape index (κ3) is 3.04. The van der Waals surface area contributed by atoms with Crippen molar-refractivity contribution in [1.82, 2.24) is 4.98 Å². The molecule has 0 aliphatic heterocycles. The standard InChI is InChI=1S/C14H16N2O/c1-11-7-14(16-9-13(11)10-17)15-8-12-5-3-2-4-6-12/h2-7,9,17H,8,10H2,1H3,(H,15,16). The van der Waals surface area contributed by atoms with Gasteiger partial charge in [0.05, 0.1) is 6.61 Å². The summed E-state index contributed by atoms with van der Waals surface area (Å²) >= 11 is 0. The lowest BCUT2D eigenvalue weighted by Crippen LogP contribution is -2.02. The highest BCUT2D eigenvalue weighted by atomic mass is 16.3. The molecule has 88 valence electrons. The maximum atomic E-state index is 9.06. The Hall–Kier alpha value is -1.87. The summed E-state index contributed by atoms with van der Waals surface area (Å²) in [6.07, 6.45) is 1.71. The molecule has 2 aromatic rings. The van der Waals surface area contributed by atoms with E-state index in [9.17, 15) is 0 Å². The number of aliphatic hydroxyl groups excluding tert-OH is 1. The van der Waals surface area contributed by atoms with Gasteiger partial charge in [0.15, 0.2) is 0 Å². The molecule has 1 heterocycles. The summed E-state index contributed by atoms with van der Waals surface area (Å²) in [6, 6.07) is 12.1. The van der Waals surface area contributed by atoms with Crippen molar-refractivity contribution in [2.24, 2.45) is 0 Å². The number of hydrogen-bond acceptors (Lipinski definition) is 3. The first-order chi connectivity index (χ1) is 8.29. The molecule has 0 amide bonds. The molecule has 0 radical (unpaired) electrons. The van der Waals surface area contributed by atoms with Gasteiger partial charge < -0.3 is 10.4 Å². The Kier molecular flexibility index (Phi) is 3.73. The smallest absolute Gasteiger partial charge is 0.126 e. The molecule has 2 rings (SSSR count). The topological polar surface area (TPSA) is 45.2 Å². The fourth-order valence-corrected chi connectivity index (χ4v) is 1.64. The average molecular weight is 228 g/mol. The van der Waals surface area contributed by atoms with Crippen molar-refractivity contribution >= 4 is 5.82 Å². The van der Waals surface area contributed by atoms with E-state index in [1.807, 2.05) is 31.2 Å². The van der Waals surface area contributed by atoms with Gasteiger partial charge in [-0.1, -0.05) is 30.3 Å². The highest BCUT2D eigenvalue weighted by Crippen LogP contribution is 2.12. The number of rotatable bonds is 4. The van der Waals surface area contributed by atoms with Gasteiger partial charge in [-0.2, -0.15) is 0 Å². The number of aromatic nitrogens is 1. The van der Waals surface area contributed by atoms with E-state index >= 15 is 0 Å². The SMILES string of the molecule is Cc1cc(NCc2ccccc2)ncc1CO. The molecule has 0 fully saturated rings. The minimum absolute atomic E-state index is 0.0395. The maximum absolute atomic E-state index is 9.06. The zero-order valence-corrected chi connectivity index (χ0v) is 9.85. The molecule has 1 aromatic carbocycles. The van der Waals surface area contributed by atoms with Gasteiger partial charge in [-0.05, 0) is 29.7 Å². The van der Waals surface area contributed by atoms with E-state index in [1.165, 1.54) is 5.56 Å². The van der Waals surface area contributed by atoms with E-state index in [2.05, 4.69) is 22.4 Å². The Balaban J connectivity index is 2.02. The first-order valence-corrected chi connectivity index (χ1v) is 5.64. The Morgan fingerprint density at radius 1 is 1.24 bits per heavy atom. The van der Waals surface area contributed by atoms with Gasteiger partial charge in [0.1, 0.15) is 5.82 Å². The second-order valence-electron chi connectivity index (χ2n) is 3.99. The molecule has 0 atom stereocenters. The van der Waals surface area contributed by atoms with E-state index < -0.39 is 0 Å². The fourth-order valence-electron chi connectivity index (χ4n) is 1.64. The van der Waals surface area contributed by atoms with Crippen molar-refractivity contribution in [3.63, 3.8) is 0 Å². The molecule has 1 aromatic heterocycles. The van der Waals surface area contributed by atoms with Gasteiger partial charge in [-0.3, -0.25) is 0 Å². The van der Waals surface area contributed by atoms with Crippen LogP contribution in [0.2, 0.25) is 0 Å². The number of nitrogens with zero attached hydrogens (tertiary/aromatic N) is 1. The predicted octanol–water partition coefficient (Wildman–Crippen LogP) is 2.49. The molecular formula is C14H16N2O. The predicted molar refractivity (Wildman–Crippen MR) is 68.7 cm³/mol. The number of benzene rings is 1. The summed E-state index contributed by atoms with van der Waals surface area (Å²) in [4.78, 5) is 4.25. The van der Waals surface area contributed by atoms with Gasteiger partial charge in [0, 0.05) is 12.7 Å². The van der Waals surface area contributed by atoms with Gasteiger partial charge in [0.25, 0.3) is 0 Å². The van der Waals surface area contributed by atoms with Crippen LogP contribution < -0.4 is 5.32 Å². The fraction of sp³-hybridized carbons (Fsp3) is 0.214. The number of anilines is 1. The van der Waals surface area contributed by atoms with Crippen LogP contribution >= 0.6 is 0 Å². The summed E-state index contributed by atoms with van der Waals surface area (Å²) in [5.41, 5.74) is 3.14. The monoisotopic (exact) mass is 228 g/mol. The van der Waals surface area contributed by atoms with E-state index in [1.54, 1.807) is 6.20 Å². The number of hydrogen-bond donors (Lipinski definition) is 2. The van der Waals surface area contributed by atoms with Crippen LogP contribution in [0.4, 0.5) is 5.82 Å². The van der Waals surface area contributed by atoms with Gasteiger partial charge in [-0.25, -0.2) is 4.98 Å². The lowest BCUT2D eigenvalue weighted by atomic mass is 10.1. The van der Waals surface area contributed by atoms with Crippen LogP contribution in [0.5, 0.6) is 0 Å². The summed E-state index contributed by atoms with van der Waals surface area (Å²) < 4.78 is 0. The van der Waals surface area contributed by atoms with Crippen molar-refractivity contribution in [3.8, 4) is 0 Å². The summed E-state index contributed by atoms with van der Waals surface area (Å²) in [5, 5.41) is 12.3. The second-order valence-corrected chi connectivity index (χ2v) is 3.99. The van der Waals surface area contributed by atoms with E-state index in [4.69, 9.17) is 5.11 Å². The minimum atomic E-state index is 0.0395. The average Bonchev–Trinajstić information content (AvgIpc) is 2.38. The molecule has 0 aliphatic rings. The second kappa shape index (κ2) is 5.46. The molecule has 0 aliphatic carbocycles. The zero-order chi connectivity index (χ0) is 12.1. The van der Waals surface area contributed by atoms with Crippen LogP contribution in [0.3, 0.4) is 0 Å². The maximum Gasteiger partial charge on any atom is 0.126 e. The van der Waals surface area contributed by atoms with Crippen LogP contribution in [0.1, 0.15) is 16.7 Å². The highest BCUT2D eigenvalue weighted by molar-refractivity contribution is 5.41. The van der Waals surface area contributed by atoms with Crippen LogP contribution in [0.25, 0.3) is 0 Å². The summed E-state index contributed by atoms with van der Waals surface area (Å²) in [5.74, 6) is 0.837. The van der Waals surface area contributed by atoms with Crippen molar-refractivity contribution in [1.29, 1.82) is 0 Å². The molecule has 3 nitrogen and oxygen atoms in total. The number of nitrogens with one attached hydrogen (secondary N) is 1. The molecule has 0 spiro atoms. The van der Waals surface area contributed by atoms with Crippen molar-refractivity contribution in [3.05, 3.63) is 59.3 Å². The van der Waals surface area contributed by atoms with Crippen LogP contribution in [-0.2, 0) is 13.2 Å². The van der Waals surface area contributed by atoms with Gasteiger partial charge >= 0.3 is 0 Å². The lowest BCUT2D eigenvalue weighted by Gasteiger charge is -2.08. The molecule has 0 bridgehead atoms. The number of pyridine rings is 1. The first kappa shape index (κ1) is 11.6. The number of aliphatic hydroxyl groups is 1. The van der Waals surface area contributed by atoms with Crippen LogP contribution in [0, 0.1) is 6.92 Å². The van der Waals surface area contributed by atoms with E-state index in [0.717, 1.165) is 23.5 Å². The molecule has 0 unspecified atom stereocenters. The van der Waals surface area contributed by atoms with Crippen molar-refractivity contribution in [2.45, 2.75) is 20.1 Å². The van der Waals surface area contributed by atoms with Crippen molar-refractivity contribution in [2.75, 3.05) is 5.32 Å². The minimum Gasteiger partial charge on any atom is -0.392 e. The Labute approximate surface area is 101 Å². The molecule has 3 heteroatoms. The third-order valence-corrected chi connectivity index (χ3v) is 2.71. The quantitative estimate of drug-likeness (QED) is 0.845. The van der Waals surface area contributed by atoms with E-state index in [0.29, 0.717) is 0 Å². The largest absolute Gasteiger partial charge is 0.392 e. The van der Waals surface area contributed by atoms with Crippen LogP contribution in [-0.4, -0.2) is 10.1 Å². The summed E-state index contributed by atoms with van der Waals surface area (Å²) in [6.45, 7) is 2.77. The Morgan fingerprint density at radius 3 is 2.65 bits per heavy atom. The number of aryl methyl sites for hydroxylation is 1. The van der Waals surface area contributed by atoms with Gasteiger partial charge in [-0.15, -0.1) is 0 Å². The highest BCUT2D eigenvalue weighted by Gasteiger charge is 2.00. The Morgan fingerprint density at radius 2 is 2.00 bits per heavy atom. The lowest BCUT2D eigenvalue weighted by molar-refractivity contribution is 0.280. The summed E-state index contributed by atoms with van der Waals surface area (Å²) in [7, 11) is 0. The van der Waals surface area contributed by atoms with Gasteiger partial charge in [0.2, 0.25) is 0 Å². The molecule has 0 saturated carbocycles. The van der Waals surface area contributed by atoms with Crippen LogP contribution in [0.15, 0.2) is 42.6 Å². The molecule has 17 heavy (non-hydrogen) atoms. The molecular weight excluding hydrogens is 212 g/mol. The van der Waals surface area contributed by atoms with E-state index in [-0.39, 0.29) is 6.61 Å². The van der Waals surface area contributed by atoms with Crippen molar-refractivity contribution < 1.29 is 5.11 Å². The Bertz CT molecular complexity index is 483. The normalized spacial score (nSPS) is 10.2. The third-order valence-electron chi connectivity index (χ3n) is 2.71. The first-order valence-electron chi connectivity index (χ1n) is 5.64.